The Morgan fingerprint density at radius 3 is 2.67 bits per heavy atom. The van der Waals surface area contributed by atoms with Gasteiger partial charge in [-0.05, 0) is 29.8 Å². The molecule has 30 heavy (non-hydrogen) atoms. The molecule has 0 amide bonds. The lowest BCUT2D eigenvalue weighted by molar-refractivity contribution is 0.122. The summed E-state index contributed by atoms with van der Waals surface area (Å²) in [6.45, 7) is 3.35. The largest absolute Gasteiger partial charge is 0.508 e. The average molecular weight is 402 g/mol. The molecule has 1 aliphatic rings. The van der Waals surface area contributed by atoms with Crippen molar-refractivity contribution in [3.63, 3.8) is 0 Å². The van der Waals surface area contributed by atoms with Gasteiger partial charge < -0.3 is 25.0 Å². The van der Waals surface area contributed by atoms with E-state index >= 15 is 0 Å². The van der Waals surface area contributed by atoms with Crippen LogP contribution in [0.25, 0.3) is 22.4 Å². The molecule has 3 heterocycles. The molecule has 0 bridgehead atoms. The minimum absolute atomic E-state index is 0.186. The third-order valence-electron chi connectivity index (χ3n) is 5.17. The number of rotatable bonds is 4. The number of aromatic hydroxyl groups is 1. The van der Waals surface area contributed by atoms with E-state index in [0.29, 0.717) is 36.9 Å². The van der Waals surface area contributed by atoms with Gasteiger partial charge in [-0.3, -0.25) is 0 Å². The lowest BCUT2D eigenvalue weighted by Gasteiger charge is -2.27. The number of fused-ring (bicyclic) bond motifs is 1. The van der Waals surface area contributed by atoms with Crippen molar-refractivity contribution in [2.75, 3.05) is 36.9 Å². The molecule has 0 atom stereocenters. The highest BCUT2D eigenvalue weighted by molar-refractivity contribution is 5.88. The maximum absolute atomic E-state index is 9.98. The van der Waals surface area contributed by atoms with E-state index in [1.54, 1.807) is 24.5 Å². The second-order valence-corrected chi connectivity index (χ2v) is 7.31. The molecule has 0 aliphatic carbocycles. The van der Waals surface area contributed by atoms with Gasteiger partial charge in [0.25, 0.3) is 0 Å². The fourth-order valence-corrected chi connectivity index (χ4v) is 3.70. The smallest absolute Gasteiger partial charge is 0.228 e. The number of benzene rings is 2. The van der Waals surface area contributed by atoms with E-state index < -0.39 is 0 Å². The Morgan fingerprint density at radius 1 is 1.03 bits per heavy atom. The quantitative estimate of drug-likeness (QED) is 0.506. The maximum Gasteiger partial charge on any atom is 0.228 e. The highest BCUT2D eigenvalue weighted by Gasteiger charge is 2.20. The van der Waals surface area contributed by atoms with Crippen LogP contribution in [-0.4, -0.2) is 50.9 Å². The second kappa shape index (κ2) is 7.64. The summed E-state index contributed by atoms with van der Waals surface area (Å²) in [6.07, 6.45) is 1.78. The molecule has 0 spiro atoms. The molecule has 3 N–H and O–H groups in total. The predicted octanol–water partition coefficient (Wildman–Crippen LogP) is 2.67. The van der Waals surface area contributed by atoms with E-state index in [4.69, 9.17) is 20.4 Å². The van der Waals surface area contributed by atoms with Gasteiger partial charge in [-0.1, -0.05) is 24.3 Å². The highest BCUT2D eigenvalue weighted by atomic mass is 16.5. The summed E-state index contributed by atoms with van der Waals surface area (Å²) in [6, 6.07) is 14.8. The van der Waals surface area contributed by atoms with E-state index in [-0.39, 0.29) is 5.75 Å². The number of phenolic OH excluding ortho intramolecular Hbond substituents is 1. The lowest BCUT2D eigenvalue weighted by Crippen LogP contribution is -2.37. The third-order valence-corrected chi connectivity index (χ3v) is 5.17. The summed E-state index contributed by atoms with van der Waals surface area (Å²) < 4.78 is 7.48. The number of nitrogens with zero attached hydrogens (tertiary/aromatic N) is 5. The molecule has 2 aromatic carbocycles. The van der Waals surface area contributed by atoms with Crippen LogP contribution in [0.15, 0.2) is 54.9 Å². The van der Waals surface area contributed by atoms with Crippen LogP contribution < -0.4 is 10.6 Å². The summed E-state index contributed by atoms with van der Waals surface area (Å²) in [7, 11) is 0. The normalized spacial score (nSPS) is 14.3. The molecule has 8 heteroatoms. The van der Waals surface area contributed by atoms with Gasteiger partial charge in [0.1, 0.15) is 17.0 Å². The first kappa shape index (κ1) is 18.4. The number of nitrogens with two attached hydrogens (primary N) is 1. The zero-order valence-electron chi connectivity index (χ0n) is 16.4. The lowest BCUT2D eigenvalue weighted by atomic mass is 10.1. The van der Waals surface area contributed by atoms with Crippen molar-refractivity contribution in [3.05, 3.63) is 60.4 Å². The van der Waals surface area contributed by atoms with Crippen molar-refractivity contribution in [1.29, 1.82) is 0 Å². The Balaban J connectivity index is 1.65. The van der Waals surface area contributed by atoms with Gasteiger partial charge in [0.15, 0.2) is 5.65 Å². The summed E-state index contributed by atoms with van der Waals surface area (Å²) >= 11 is 0. The Bertz CT molecular complexity index is 1200. The fraction of sp³-hybridized carbons (Fsp3) is 0.227. The molecular weight excluding hydrogens is 380 g/mol. The van der Waals surface area contributed by atoms with Crippen molar-refractivity contribution in [1.82, 2.24) is 19.5 Å². The summed E-state index contributed by atoms with van der Waals surface area (Å²) in [5, 5.41) is 9.98. The van der Waals surface area contributed by atoms with Gasteiger partial charge in [-0.2, -0.15) is 4.98 Å². The van der Waals surface area contributed by atoms with Crippen LogP contribution in [-0.2, 0) is 11.3 Å². The Hall–Kier alpha value is -3.65. The molecule has 4 aromatic rings. The van der Waals surface area contributed by atoms with Crippen molar-refractivity contribution < 1.29 is 9.84 Å². The maximum atomic E-state index is 9.98. The first-order valence-corrected chi connectivity index (χ1v) is 9.87. The van der Waals surface area contributed by atoms with Gasteiger partial charge in [0.2, 0.25) is 5.95 Å². The molecule has 2 aromatic heterocycles. The fourth-order valence-electron chi connectivity index (χ4n) is 3.70. The molecule has 5 rings (SSSR count). The summed E-state index contributed by atoms with van der Waals surface area (Å²) in [4.78, 5) is 16.4. The van der Waals surface area contributed by atoms with Crippen LogP contribution in [0.5, 0.6) is 5.75 Å². The van der Waals surface area contributed by atoms with Gasteiger partial charge in [0, 0.05) is 24.3 Å². The number of phenols is 1. The molecule has 0 saturated carbocycles. The van der Waals surface area contributed by atoms with Gasteiger partial charge >= 0.3 is 0 Å². The van der Waals surface area contributed by atoms with Crippen molar-refractivity contribution in [2.24, 2.45) is 0 Å². The summed E-state index contributed by atoms with van der Waals surface area (Å²) in [5.41, 5.74) is 10.7. The number of hydrogen-bond acceptors (Lipinski definition) is 7. The number of hydrogen-bond donors (Lipinski definition) is 2. The van der Waals surface area contributed by atoms with E-state index in [9.17, 15) is 5.11 Å². The third kappa shape index (κ3) is 3.53. The van der Waals surface area contributed by atoms with Gasteiger partial charge in [-0.15, -0.1) is 0 Å². The van der Waals surface area contributed by atoms with Crippen LogP contribution >= 0.6 is 0 Å². The van der Waals surface area contributed by atoms with Gasteiger partial charge in [-0.25, -0.2) is 9.97 Å². The minimum atomic E-state index is 0.186. The van der Waals surface area contributed by atoms with Crippen LogP contribution in [0.1, 0.15) is 5.56 Å². The number of ether oxygens (including phenoxy) is 1. The van der Waals surface area contributed by atoms with Crippen LogP contribution in [0.2, 0.25) is 0 Å². The van der Waals surface area contributed by atoms with Crippen molar-refractivity contribution in [3.8, 4) is 17.0 Å². The average Bonchev–Trinajstić information content (AvgIpc) is 3.16. The van der Waals surface area contributed by atoms with Crippen molar-refractivity contribution in [2.45, 2.75) is 6.54 Å². The molecule has 152 valence electrons. The second-order valence-electron chi connectivity index (χ2n) is 7.31. The number of nitrogen functional groups attached to an aromatic ring is 1. The molecule has 0 radical (unpaired) electrons. The van der Waals surface area contributed by atoms with E-state index in [2.05, 4.69) is 9.88 Å². The van der Waals surface area contributed by atoms with Crippen LogP contribution in [0, 0.1) is 0 Å². The molecule has 1 fully saturated rings. The molecule has 8 nitrogen and oxygen atoms in total. The Kier molecular flexibility index (Phi) is 4.68. The summed E-state index contributed by atoms with van der Waals surface area (Å²) in [5.74, 6) is 0.824. The van der Waals surface area contributed by atoms with E-state index in [1.165, 1.54) is 0 Å². The highest BCUT2D eigenvalue weighted by Crippen LogP contribution is 2.30. The van der Waals surface area contributed by atoms with E-state index in [0.717, 1.165) is 35.6 Å². The monoisotopic (exact) mass is 402 g/mol. The van der Waals surface area contributed by atoms with Crippen LogP contribution in [0.3, 0.4) is 0 Å². The molecule has 0 unspecified atom stereocenters. The molecular formula is C22H22N6O2. The number of morpholine rings is 1. The SMILES string of the molecule is Nc1cccc(Cn2cnc3c(-c4cccc(O)c4)nc(N4CCOCC4)nc32)c1. The Labute approximate surface area is 173 Å². The minimum Gasteiger partial charge on any atom is -0.508 e. The molecule has 1 saturated heterocycles. The zero-order chi connectivity index (χ0) is 20.5. The Morgan fingerprint density at radius 2 is 1.87 bits per heavy atom. The zero-order valence-corrected chi connectivity index (χ0v) is 16.4. The first-order chi connectivity index (χ1) is 14.7. The molecule has 1 aliphatic heterocycles. The number of aromatic nitrogens is 4. The number of imidazole rings is 1. The van der Waals surface area contributed by atoms with Crippen molar-refractivity contribution >= 4 is 22.8 Å². The van der Waals surface area contributed by atoms with Gasteiger partial charge in [0.05, 0.1) is 26.1 Å². The van der Waals surface area contributed by atoms with E-state index in [1.807, 2.05) is 34.9 Å². The van der Waals surface area contributed by atoms with Crippen LogP contribution in [0.4, 0.5) is 11.6 Å². The number of anilines is 2. The first-order valence-electron chi connectivity index (χ1n) is 9.87. The topological polar surface area (TPSA) is 102 Å². The predicted molar refractivity (Wildman–Crippen MR) is 115 cm³/mol. The standard InChI is InChI=1S/C22H22N6O2/c23-17-5-1-3-15(11-17)13-28-14-24-20-19(16-4-2-6-18(29)12-16)25-22(26-21(20)28)27-7-9-30-10-8-27/h1-6,11-12,14,29H,7-10,13,23H2.